The zero-order valence-electron chi connectivity index (χ0n) is 14.7. The smallest absolute Gasteiger partial charge is 0.243 e. The van der Waals surface area contributed by atoms with E-state index < -0.39 is 10.0 Å². The van der Waals surface area contributed by atoms with Crippen molar-refractivity contribution in [2.24, 2.45) is 0 Å². The maximum Gasteiger partial charge on any atom is 0.243 e. The molecule has 1 aromatic rings. The molecule has 1 atom stereocenters. The van der Waals surface area contributed by atoms with E-state index in [-0.39, 0.29) is 6.04 Å². The molecule has 0 spiro atoms. The number of aryl methyl sites for hydroxylation is 2. The minimum absolute atomic E-state index is 0.0496. The lowest BCUT2D eigenvalue weighted by molar-refractivity contribution is 0.271. The molecule has 0 radical (unpaired) electrons. The van der Waals surface area contributed by atoms with Gasteiger partial charge in [0, 0.05) is 24.9 Å². The molecule has 4 nitrogen and oxygen atoms in total. The Bertz CT molecular complexity index is 674. The van der Waals surface area contributed by atoms with Crippen LogP contribution in [0.4, 0.5) is 0 Å². The number of likely N-dealkylation sites (N-methyl/N-ethyl adjacent to an activating group) is 1. The van der Waals surface area contributed by atoms with Crippen LogP contribution in [0.1, 0.15) is 30.4 Å². The molecular weight excluding hydrogens is 340 g/mol. The second-order valence-corrected chi connectivity index (χ2v) is 10.1. The molecule has 6 heteroatoms. The first-order chi connectivity index (χ1) is 11.5. The van der Waals surface area contributed by atoms with Crippen LogP contribution in [0.25, 0.3) is 0 Å². The highest BCUT2D eigenvalue weighted by Gasteiger charge is 2.33. The molecule has 24 heavy (non-hydrogen) atoms. The summed E-state index contributed by atoms with van der Waals surface area (Å²) >= 11 is 1.87. The van der Waals surface area contributed by atoms with Gasteiger partial charge >= 0.3 is 0 Å². The van der Waals surface area contributed by atoms with Crippen LogP contribution in [0.5, 0.6) is 0 Å². The first-order valence-electron chi connectivity index (χ1n) is 8.84. The first-order valence-corrected chi connectivity index (χ1v) is 11.4. The number of rotatable bonds is 4. The highest BCUT2D eigenvalue weighted by Crippen LogP contribution is 2.28. The monoisotopic (exact) mass is 368 g/mol. The molecule has 0 N–H and O–H groups in total. The van der Waals surface area contributed by atoms with Crippen molar-refractivity contribution in [3.05, 3.63) is 29.3 Å². The quantitative estimate of drug-likeness (QED) is 0.819. The molecule has 0 saturated carbocycles. The van der Waals surface area contributed by atoms with Crippen molar-refractivity contribution in [3.63, 3.8) is 0 Å². The second kappa shape index (κ2) is 7.77. The summed E-state index contributed by atoms with van der Waals surface area (Å²) < 4.78 is 28.4. The van der Waals surface area contributed by atoms with E-state index in [0.717, 1.165) is 37.3 Å². The largest absolute Gasteiger partial charge is 0.308 e. The molecule has 1 aliphatic carbocycles. The van der Waals surface area contributed by atoms with Crippen LogP contribution in [-0.2, 0) is 22.9 Å². The minimum Gasteiger partial charge on any atom is -0.308 e. The van der Waals surface area contributed by atoms with Gasteiger partial charge in [-0.1, -0.05) is 6.07 Å². The third-order valence-electron chi connectivity index (χ3n) is 4.89. The second-order valence-electron chi connectivity index (χ2n) is 7.10. The van der Waals surface area contributed by atoms with Crippen LogP contribution in [0.15, 0.2) is 23.1 Å². The molecule has 1 unspecified atom stereocenters. The van der Waals surface area contributed by atoms with Crippen LogP contribution in [-0.4, -0.2) is 62.4 Å². The van der Waals surface area contributed by atoms with Gasteiger partial charge < -0.3 is 4.90 Å². The van der Waals surface area contributed by atoms with Crippen LogP contribution in [0, 0.1) is 0 Å². The molecule has 0 amide bonds. The van der Waals surface area contributed by atoms with E-state index in [9.17, 15) is 8.42 Å². The van der Waals surface area contributed by atoms with Gasteiger partial charge in [-0.3, -0.25) is 0 Å². The van der Waals surface area contributed by atoms with E-state index in [1.165, 1.54) is 24.0 Å². The van der Waals surface area contributed by atoms with E-state index in [1.807, 2.05) is 44.1 Å². The fraction of sp³-hybridized carbons (Fsp3) is 0.667. The molecule has 1 aliphatic heterocycles. The lowest BCUT2D eigenvalue weighted by Gasteiger charge is -2.31. The van der Waals surface area contributed by atoms with Gasteiger partial charge in [-0.2, -0.15) is 16.1 Å². The Morgan fingerprint density at radius 1 is 1.17 bits per heavy atom. The first kappa shape index (κ1) is 18.2. The van der Waals surface area contributed by atoms with Gasteiger partial charge in [-0.25, -0.2) is 8.42 Å². The average Bonchev–Trinajstić information content (AvgIpc) is 2.79. The molecule has 0 aromatic heterocycles. The van der Waals surface area contributed by atoms with Crippen LogP contribution in [0.3, 0.4) is 0 Å². The fourth-order valence-corrected chi connectivity index (χ4v) is 6.55. The third-order valence-corrected chi connectivity index (χ3v) is 8.03. The maximum atomic E-state index is 13.3. The number of hydrogen-bond acceptors (Lipinski definition) is 4. The normalized spacial score (nSPS) is 23.0. The minimum atomic E-state index is -3.42. The van der Waals surface area contributed by atoms with Crippen molar-refractivity contribution in [2.45, 2.75) is 43.0 Å². The Labute approximate surface area is 150 Å². The molecule has 1 fully saturated rings. The molecule has 1 aromatic carbocycles. The lowest BCUT2D eigenvalue weighted by atomic mass is 9.92. The number of thioether (sulfide) groups is 1. The van der Waals surface area contributed by atoms with E-state index in [4.69, 9.17) is 0 Å². The van der Waals surface area contributed by atoms with Gasteiger partial charge in [0.1, 0.15) is 0 Å². The van der Waals surface area contributed by atoms with Gasteiger partial charge in [0.2, 0.25) is 10.0 Å². The van der Waals surface area contributed by atoms with E-state index >= 15 is 0 Å². The summed E-state index contributed by atoms with van der Waals surface area (Å²) in [5, 5.41) is 0. The standard InChI is InChI=1S/C18H28N2O2S2/c1-19(2)13-17-14-23-11-5-10-20(17)24(21,22)18-9-8-15-6-3-4-7-16(15)12-18/h8-9,12,17H,3-7,10-11,13-14H2,1-2H3. The number of nitrogens with zero attached hydrogens (tertiary/aromatic N) is 2. The third kappa shape index (κ3) is 3.98. The number of hydrogen-bond donors (Lipinski definition) is 0. The molecule has 3 rings (SSSR count). The summed E-state index contributed by atoms with van der Waals surface area (Å²) in [6.07, 6.45) is 5.40. The van der Waals surface area contributed by atoms with Crippen molar-refractivity contribution in [3.8, 4) is 0 Å². The average molecular weight is 369 g/mol. The Hall–Kier alpha value is -0.560. The topological polar surface area (TPSA) is 40.6 Å². The molecule has 134 valence electrons. The number of sulfonamides is 1. The Morgan fingerprint density at radius 3 is 2.67 bits per heavy atom. The van der Waals surface area contributed by atoms with Crippen molar-refractivity contribution >= 4 is 21.8 Å². The zero-order valence-corrected chi connectivity index (χ0v) is 16.3. The van der Waals surface area contributed by atoms with Crippen LogP contribution in [0.2, 0.25) is 0 Å². The van der Waals surface area contributed by atoms with E-state index in [1.54, 1.807) is 4.31 Å². The molecule has 2 aliphatic rings. The summed E-state index contributed by atoms with van der Waals surface area (Å²) in [7, 11) is 0.606. The predicted octanol–water partition coefficient (Wildman–Crippen LogP) is 2.62. The van der Waals surface area contributed by atoms with E-state index in [2.05, 4.69) is 4.90 Å². The van der Waals surface area contributed by atoms with Gasteiger partial charge in [0.15, 0.2) is 0 Å². The van der Waals surface area contributed by atoms with Gasteiger partial charge in [0.25, 0.3) is 0 Å². The SMILES string of the molecule is CN(C)CC1CSCCCN1S(=O)(=O)c1ccc2c(c1)CCCC2. The molecule has 1 heterocycles. The summed E-state index contributed by atoms with van der Waals surface area (Å²) in [4.78, 5) is 2.57. The zero-order chi connectivity index (χ0) is 17.2. The molecule has 0 bridgehead atoms. The fourth-order valence-electron chi connectivity index (χ4n) is 3.69. The molecular formula is C18H28N2O2S2. The van der Waals surface area contributed by atoms with Gasteiger partial charge in [0.05, 0.1) is 4.90 Å². The van der Waals surface area contributed by atoms with Crippen molar-refractivity contribution in [1.29, 1.82) is 0 Å². The predicted molar refractivity (Wildman–Crippen MR) is 101 cm³/mol. The van der Waals surface area contributed by atoms with Crippen LogP contribution < -0.4 is 0 Å². The Balaban J connectivity index is 1.92. The number of fused-ring (bicyclic) bond motifs is 1. The Morgan fingerprint density at radius 2 is 1.92 bits per heavy atom. The summed E-state index contributed by atoms with van der Waals surface area (Å²) in [5.41, 5.74) is 2.56. The van der Waals surface area contributed by atoms with Crippen molar-refractivity contribution in [2.75, 3.05) is 38.7 Å². The lowest BCUT2D eigenvalue weighted by Crippen LogP contribution is -2.46. The highest BCUT2D eigenvalue weighted by atomic mass is 32.2. The van der Waals surface area contributed by atoms with Gasteiger partial charge in [-0.05, 0) is 75.2 Å². The van der Waals surface area contributed by atoms with Crippen LogP contribution >= 0.6 is 11.8 Å². The maximum absolute atomic E-state index is 13.3. The summed E-state index contributed by atoms with van der Waals surface area (Å²) in [5.74, 6) is 1.92. The highest BCUT2D eigenvalue weighted by molar-refractivity contribution is 7.99. The summed E-state index contributed by atoms with van der Waals surface area (Å²) in [6, 6.07) is 5.85. The van der Waals surface area contributed by atoms with Crippen molar-refractivity contribution < 1.29 is 8.42 Å². The Kier molecular flexibility index (Phi) is 5.90. The van der Waals surface area contributed by atoms with Crippen molar-refractivity contribution in [1.82, 2.24) is 9.21 Å². The molecule has 1 saturated heterocycles. The van der Waals surface area contributed by atoms with Gasteiger partial charge in [-0.15, -0.1) is 0 Å². The summed E-state index contributed by atoms with van der Waals surface area (Å²) in [6.45, 7) is 1.40. The van der Waals surface area contributed by atoms with E-state index in [0.29, 0.717) is 11.4 Å². The number of benzene rings is 1.